The van der Waals surface area contributed by atoms with Gasteiger partial charge in [-0.15, -0.1) is 5.10 Å². The highest BCUT2D eigenvalue weighted by molar-refractivity contribution is 6.11. The number of amides is 2. The third kappa shape index (κ3) is 5.52. The minimum atomic E-state index is -0.671. The lowest BCUT2D eigenvalue weighted by molar-refractivity contribution is 0.0196. The number of benzene rings is 2. The molecule has 0 saturated carbocycles. The Kier molecular flexibility index (Phi) is 7.27. The Hall–Kier alpha value is -4.34. The van der Waals surface area contributed by atoms with Crippen molar-refractivity contribution in [2.75, 3.05) is 18.0 Å². The van der Waals surface area contributed by atoms with Crippen LogP contribution >= 0.6 is 0 Å². The average molecular weight is 545 g/mol. The van der Waals surface area contributed by atoms with E-state index < -0.39 is 29.5 Å². The van der Waals surface area contributed by atoms with Gasteiger partial charge in [0.15, 0.2) is 0 Å². The minimum Gasteiger partial charge on any atom is -0.444 e. The second-order valence-corrected chi connectivity index (χ2v) is 11.2. The quantitative estimate of drug-likeness (QED) is 0.336. The summed E-state index contributed by atoms with van der Waals surface area (Å²) in [6, 6.07) is 11.7. The molecule has 0 radical (unpaired) electrons. The number of aryl methyl sites for hydroxylation is 2. The molecule has 3 heterocycles. The SMILES string of the molecule is Cc1cccc2ccnc(N(C(=O)c3ccc(-c4cn(C)nn4)cc3F)[C@@H]3CCCN(C(=O)OC(C)(C)C)C3)c12. The Morgan fingerprint density at radius 2 is 1.95 bits per heavy atom. The first kappa shape index (κ1) is 27.2. The topological polar surface area (TPSA) is 93.5 Å². The maximum atomic E-state index is 15.6. The summed E-state index contributed by atoms with van der Waals surface area (Å²) < 4.78 is 22.8. The van der Waals surface area contributed by atoms with E-state index in [9.17, 15) is 9.59 Å². The molecule has 1 fully saturated rings. The van der Waals surface area contributed by atoms with Crippen LogP contribution in [0.5, 0.6) is 0 Å². The first-order valence-electron chi connectivity index (χ1n) is 13.3. The van der Waals surface area contributed by atoms with Crippen LogP contribution in [0.15, 0.2) is 54.9 Å². The van der Waals surface area contributed by atoms with Crippen LogP contribution in [0.4, 0.5) is 15.0 Å². The van der Waals surface area contributed by atoms with Gasteiger partial charge in [-0.25, -0.2) is 14.2 Å². The number of anilines is 1. The number of pyridine rings is 1. The van der Waals surface area contributed by atoms with Gasteiger partial charge in [-0.3, -0.25) is 14.4 Å². The van der Waals surface area contributed by atoms with Gasteiger partial charge >= 0.3 is 6.09 Å². The molecule has 1 aliphatic rings. The number of rotatable bonds is 4. The number of ether oxygens (including phenoxy) is 1. The largest absolute Gasteiger partial charge is 0.444 e. The van der Waals surface area contributed by atoms with Gasteiger partial charge in [0.05, 0.1) is 17.8 Å². The van der Waals surface area contributed by atoms with E-state index >= 15 is 4.39 Å². The summed E-state index contributed by atoms with van der Waals surface area (Å²) in [6.07, 6.45) is 4.17. The lowest BCUT2D eigenvalue weighted by Gasteiger charge is -2.39. The van der Waals surface area contributed by atoms with Crippen molar-refractivity contribution in [3.8, 4) is 11.3 Å². The Morgan fingerprint density at radius 1 is 1.15 bits per heavy atom. The number of carbonyl (C=O) groups excluding carboxylic acids is 2. The number of nitrogens with zero attached hydrogens (tertiary/aromatic N) is 6. The molecule has 1 saturated heterocycles. The molecule has 40 heavy (non-hydrogen) atoms. The minimum absolute atomic E-state index is 0.0885. The number of halogens is 1. The first-order valence-corrected chi connectivity index (χ1v) is 13.3. The number of piperidine rings is 1. The van der Waals surface area contributed by atoms with Crippen molar-refractivity contribution in [3.63, 3.8) is 0 Å². The smallest absolute Gasteiger partial charge is 0.410 e. The van der Waals surface area contributed by atoms with Gasteiger partial charge in [0.2, 0.25) is 0 Å². The second kappa shape index (κ2) is 10.7. The van der Waals surface area contributed by atoms with E-state index in [2.05, 4.69) is 15.3 Å². The van der Waals surface area contributed by atoms with Crippen LogP contribution in [0, 0.1) is 12.7 Å². The molecule has 0 unspecified atom stereocenters. The molecule has 0 aliphatic carbocycles. The van der Waals surface area contributed by atoms with Crippen LogP contribution < -0.4 is 4.90 Å². The van der Waals surface area contributed by atoms with Gasteiger partial charge in [0.25, 0.3) is 5.91 Å². The Bertz CT molecular complexity index is 1570. The molecule has 1 atom stereocenters. The highest BCUT2D eigenvalue weighted by atomic mass is 19.1. The highest BCUT2D eigenvalue weighted by Crippen LogP contribution is 2.33. The third-order valence-electron chi connectivity index (χ3n) is 6.94. The van der Waals surface area contributed by atoms with Crippen molar-refractivity contribution >= 4 is 28.6 Å². The predicted molar refractivity (Wildman–Crippen MR) is 151 cm³/mol. The van der Waals surface area contributed by atoms with Crippen LogP contribution in [-0.2, 0) is 11.8 Å². The maximum absolute atomic E-state index is 15.6. The monoisotopic (exact) mass is 544 g/mol. The number of carbonyl (C=O) groups is 2. The molecular weight excluding hydrogens is 511 g/mol. The fraction of sp³-hybridized carbons (Fsp3) is 0.367. The summed E-state index contributed by atoms with van der Waals surface area (Å²) in [5.74, 6) is -0.758. The molecule has 4 aromatic rings. The third-order valence-corrected chi connectivity index (χ3v) is 6.94. The standard InChI is InChI=1S/C30H33FN6O3/c1-19-8-6-9-20-13-14-32-27(26(19)20)37(22-10-7-15-36(17-22)29(39)40-30(2,3)4)28(38)23-12-11-21(16-24(23)31)25-18-35(5)34-33-25/h6,8-9,11-14,16,18,22H,7,10,15,17H2,1-5H3/t22-/m1/s1. The van der Waals surface area contributed by atoms with E-state index in [0.717, 1.165) is 16.3 Å². The van der Waals surface area contributed by atoms with Gasteiger partial charge in [0, 0.05) is 37.3 Å². The van der Waals surface area contributed by atoms with Gasteiger partial charge in [-0.1, -0.05) is 29.5 Å². The molecule has 2 aromatic heterocycles. The lowest BCUT2D eigenvalue weighted by atomic mass is 9.99. The van der Waals surface area contributed by atoms with Crippen LogP contribution in [0.1, 0.15) is 49.5 Å². The number of fused-ring (bicyclic) bond motifs is 1. The van der Waals surface area contributed by atoms with E-state index in [0.29, 0.717) is 36.5 Å². The van der Waals surface area contributed by atoms with Crippen molar-refractivity contribution in [3.05, 3.63) is 71.8 Å². The molecule has 2 amide bonds. The highest BCUT2D eigenvalue weighted by Gasteiger charge is 2.36. The van der Waals surface area contributed by atoms with Crippen LogP contribution in [0.2, 0.25) is 0 Å². The normalized spacial score (nSPS) is 15.8. The molecular formula is C30H33FN6O3. The molecule has 0 N–H and O–H groups in total. The van der Waals surface area contributed by atoms with Crippen molar-refractivity contribution in [2.45, 2.75) is 52.2 Å². The molecule has 10 heteroatoms. The van der Waals surface area contributed by atoms with Gasteiger partial charge in [0.1, 0.15) is 22.9 Å². The van der Waals surface area contributed by atoms with Crippen LogP contribution in [0.25, 0.3) is 22.0 Å². The molecule has 0 spiro atoms. The van der Waals surface area contributed by atoms with E-state index in [1.165, 1.54) is 16.8 Å². The van der Waals surface area contributed by atoms with Crippen LogP contribution in [0.3, 0.4) is 0 Å². The van der Waals surface area contributed by atoms with Gasteiger partial charge in [-0.05, 0) is 69.7 Å². The summed E-state index contributed by atoms with van der Waals surface area (Å²) in [5.41, 5.74) is 1.22. The summed E-state index contributed by atoms with van der Waals surface area (Å²) in [4.78, 5) is 35.0. The van der Waals surface area contributed by atoms with Gasteiger partial charge < -0.3 is 9.64 Å². The Morgan fingerprint density at radius 3 is 2.65 bits per heavy atom. The summed E-state index contributed by atoms with van der Waals surface area (Å²) in [5, 5.41) is 9.68. The number of likely N-dealkylation sites (tertiary alicyclic amines) is 1. The zero-order chi connectivity index (χ0) is 28.6. The lowest BCUT2D eigenvalue weighted by Crippen LogP contribution is -2.53. The van der Waals surface area contributed by atoms with Crippen molar-refractivity contribution in [2.24, 2.45) is 7.05 Å². The fourth-order valence-electron chi connectivity index (χ4n) is 5.12. The summed E-state index contributed by atoms with van der Waals surface area (Å²) in [7, 11) is 1.73. The number of hydrogen-bond donors (Lipinski definition) is 0. The molecule has 9 nitrogen and oxygen atoms in total. The van der Waals surface area contributed by atoms with Crippen LogP contribution in [-0.4, -0.2) is 61.6 Å². The molecule has 5 rings (SSSR count). The Balaban J connectivity index is 1.57. The first-order chi connectivity index (χ1) is 19.0. The zero-order valence-corrected chi connectivity index (χ0v) is 23.4. The van der Waals surface area contributed by atoms with Gasteiger partial charge in [-0.2, -0.15) is 0 Å². The predicted octanol–water partition coefficient (Wildman–Crippen LogP) is 5.52. The molecule has 208 valence electrons. The van der Waals surface area contributed by atoms with E-state index in [4.69, 9.17) is 4.74 Å². The zero-order valence-electron chi connectivity index (χ0n) is 23.4. The average Bonchev–Trinajstić information content (AvgIpc) is 3.34. The van der Waals surface area contributed by atoms with E-state index in [1.807, 2.05) is 52.0 Å². The van der Waals surface area contributed by atoms with E-state index in [-0.39, 0.29) is 12.1 Å². The summed E-state index contributed by atoms with van der Waals surface area (Å²) in [6.45, 7) is 8.16. The number of aromatic nitrogens is 4. The number of hydrogen-bond acceptors (Lipinski definition) is 6. The second-order valence-electron chi connectivity index (χ2n) is 11.2. The van der Waals surface area contributed by atoms with Crippen molar-refractivity contribution in [1.29, 1.82) is 0 Å². The Labute approximate surface area is 232 Å². The van der Waals surface area contributed by atoms with E-state index in [1.54, 1.807) is 35.3 Å². The summed E-state index contributed by atoms with van der Waals surface area (Å²) >= 11 is 0. The molecule has 1 aliphatic heterocycles. The maximum Gasteiger partial charge on any atom is 0.410 e. The van der Waals surface area contributed by atoms with Crippen molar-refractivity contribution in [1.82, 2.24) is 24.9 Å². The fourth-order valence-corrected chi connectivity index (χ4v) is 5.12. The molecule has 2 aromatic carbocycles. The molecule has 0 bridgehead atoms. The van der Waals surface area contributed by atoms with Crippen molar-refractivity contribution < 1.29 is 18.7 Å².